The molecule has 3 N–H and O–H groups in total. The van der Waals surface area contributed by atoms with E-state index in [2.05, 4.69) is 20.5 Å². The van der Waals surface area contributed by atoms with Gasteiger partial charge < -0.3 is 16.0 Å². The summed E-state index contributed by atoms with van der Waals surface area (Å²) in [6, 6.07) is 13.3. The summed E-state index contributed by atoms with van der Waals surface area (Å²) in [5, 5.41) is 11.6. The highest BCUT2D eigenvalue weighted by Crippen LogP contribution is 2.35. The lowest BCUT2D eigenvalue weighted by molar-refractivity contribution is -0.136. The van der Waals surface area contributed by atoms with Crippen molar-refractivity contribution in [3.8, 4) is 11.3 Å². The maximum absolute atomic E-state index is 14.4. The largest absolute Gasteiger partial charge is 0.367 e. The average molecular weight is 420 g/mol. The van der Waals surface area contributed by atoms with Crippen molar-refractivity contribution in [3.05, 3.63) is 71.8 Å². The molecule has 158 valence electrons. The number of halogens is 1. The van der Waals surface area contributed by atoms with Gasteiger partial charge in [-0.15, -0.1) is 10.2 Å². The van der Waals surface area contributed by atoms with E-state index in [1.54, 1.807) is 47.5 Å². The van der Waals surface area contributed by atoms with Crippen LogP contribution in [0.2, 0.25) is 0 Å². The molecule has 2 aromatic heterocycles. The summed E-state index contributed by atoms with van der Waals surface area (Å²) in [5.41, 5.74) is 6.71. The molecule has 1 aliphatic rings. The Morgan fingerprint density at radius 3 is 2.61 bits per heavy atom. The van der Waals surface area contributed by atoms with Gasteiger partial charge in [-0.25, -0.2) is 4.39 Å². The number of hydrogen-bond acceptors (Lipinski definition) is 6. The second kappa shape index (κ2) is 8.10. The number of aromatic nitrogens is 3. The standard InChI is InChI=1S/C22H21FN6O2/c1-14(30)29-12-22(13-29,20-17(23)6-3-9-25-20)11-26-19-8-7-18(27-28-19)15-4-2-5-16(10-15)21(24)31/h2-10H,11-13H2,1H3,(H2,24,31)(H,26,28). The van der Waals surface area contributed by atoms with Gasteiger partial charge in [0, 0.05) is 43.9 Å². The van der Waals surface area contributed by atoms with Gasteiger partial charge in [-0.1, -0.05) is 12.1 Å². The number of anilines is 1. The van der Waals surface area contributed by atoms with Crippen LogP contribution in [0.1, 0.15) is 23.0 Å². The summed E-state index contributed by atoms with van der Waals surface area (Å²) in [5.74, 6) is -0.468. The van der Waals surface area contributed by atoms with Crippen LogP contribution in [0.3, 0.4) is 0 Å². The molecule has 1 aliphatic heterocycles. The molecule has 0 bridgehead atoms. The number of benzene rings is 1. The van der Waals surface area contributed by atoms with Crippen molar-refractivity contribution in [1.29, 1.82) is 0 Å². The maximum Gasteiger partial charge on any atom is 0.248 e. The monoisotopic (exact) mass is 420 g/mol. The molecule has 0 unspecified atom stereocenters. The first-order valence-electron chi connectivity index (χ1n) is 9.72. The second-order valence-electron chi connectivity index (χ2n) is 7.59. The van der Waals surface area contributed by atoms with Gasteiger partial charge >= 0.3 is 0 Å². The molecule has 1 aromatic carbocycles. The summed E-state index contributed by atoms with van der Waals surface area (Å²) in [7, 11) is 0. The van der Waals surface area contributed by atoms with Crippen molar-refractivity contribution in [2.24, 2.45) is 5.73 Å². The highest BCUT2D eigenvalue weighted by Gasteiger charge is 2.48. The summed E-state index contributed by atoms with van der Waals surface area (Å²) >= 11 is 0. The fraction of sp³-hybridized carbons (Fsp3) is 0.227. The fourth-order valence-electron chi connectivity index (χ4n) is 3.70. The molecule has 0 aliphatic carbocycles. The number of nitrogens with zero attached hydrogens (tertiary/aromatic N) is 4. The molecule has 0 radical (unpaired) electrons. The molecule has 9 heteroatoms. The van der Waals surface area contributed by atoms with Gasteiger partial charge in [-0.3, -0.25) is 14.6 Å². The van der Waals surface area contributed by atoms with E-state index in [1.165, 1.54) is 13.0 Å². The van der Waals surface area contributed by atoms with Crippen LogP contribution in [0.15, 0.2) is 54.7 Å². The number of likely N-dealkylation sites (tertiary alicyclic amines) is 1. The van der Waals surface area contributed by atoms with Gasteiger partial charge in [0.15, 0.2) is 0 Å². The second-order valence-corrected chi connectivity index (χ2v) is 7.59. The molecular weight excluding hydrogens is 399 g/mol. The minimum absolute atomic E-state index is 0.0608. The van der Waals surface area contributed by atoms with Gasteiger partial charge in [0.05, 0.1) is 16.8 Å². The number of carbonyl (C=O) groups is 2. The van der Waals surface area contributed by atoms with Crippen LogP contribution in [0.5, 0.6) is 0 Å². The Bertz CT molecular complexity index is 1130. The van der Waals surface area contributed by atoms with E-state index < -0.39 is 17.1 Å². The van der Waals surface area contributed by atoms with E-state index in [4.69, 9.17) is 5.73 Å². The Morgan fingerprint density at radius 2 is 1.97 bits per heavy atom. The predicted molar refractivity (Wildman–Crippen MR) is 113 cm³/mol. The molecule has 3 heterocycles. The van der Waals surface area contributed by atoms with E-state index in [9.17, 15) is 14.0 Å². The SMILES string of the molecule is CC(=O)N1CC(CNc2ccc(-c3cccc(C(N)=O)c3)nn2)(c2ncccc2F)C1. The van der Waals surface area contributed by atoms with Gasteiger partial charge in [-0.05, 0) is 36.4 Å². The van der Waals surface area contributed by atoms with E-state index in [0.717, 1.165) is 5.56 Å². The van der Waals surface area contributed by atoms with Gasteiger partial charge in [0.25, 0.3) is 0 Å². The molecular formula is C22H21FN6O2. The molecule has 0 saturated carbocycles. The highest BCUT2D eigenvalue weighted by molar-refractivity contribution is 5.94. The zero-order valence-corrected chi connectivity index (χ0v) is 16.9. The number of amides is 2. The zero-order chi connectivity index (χ0) is 22.0. The lowest BCUT2D eigenvalue weighted by Crippen LogP contribution is -2.64. The van der Waals surface area contributed by atoms with Crippen molar-refractivity contribution in [1.82, 2.24) is 20.1 Å². The Hall–Kier alpha value is -3.88. The quantitative estimate of drug-likeness (QED) is 0.630. The molecule has 0 atom stereocenters. The van der Waals surface area contributed by atoms with Crippen LogP contribution in [0.4, 0.5) is 10.2 Å². The highest BCUT2D eigenvalue weighted by atomic mass is 19.1. The van der Waals surface area contributed by atoms with Crippen LogP contribution < -0.4 is 11.1 Å². The molecule has 31 heavy (non-hydrogen) atoms. The third-order valence-electron chi connectivity index (χ3n) is 5.41. The van der Waals surface area contributed by atoms with Crippen molar-refractivity contribution in [3.63, 3.8) is 0 Å². The number of rotatable bonds is 6. The molecule has 4 rings (SSSR count). The maximum atomic E-state index is 14.4. The molecule has 0 spiro atoms. The number of primary amides is 1. The first kappa shape index (κ1) is 20.4. The van der Waals surface area contributed by atoms with Crippen molar-refractivity contribution < 1.29 is 14.0 Å². The number of carbonyl (C=O) groups excluding carboxylic acids is 2. The van der Waals surface area contributed by atoms with Gasteiger partial charge in [-0.2, -0.15) is 0 Å². The first-order chi connectivity index (χ1) is 14.9. The van der Waals surface area contributed by atoms with E-state index in [-0.39, 0.29) is 5.91 Å². The smallest absolute Gasteiger partial charge is 0.248 e. The van der Waals surface area contributed by atoms with Crippen molar-refractivity contribution in [2.75, 3.05) is 25.0 Å². The fourth-order valence-corrected chi connectivity index (χ4v) is 3.70. The minimum Gasteiger partial charge on any atom is -0.367 e. The van der Waals surface area contributed by atoms with E-state index in [0.29, 0.717) is 42.4 Å². The number of nitrogens with one attached hydrogen (secondary N) is 1. The lowest BCUT2D eigenvalue weighted by Gasteiger charge is -2.49. The normalized spacial score (nSPS) is 14.6. The number of hydrogen-bond donors (Lipinski definition) is 2. The van der Waals surface area contributed by atoms with Gasteiger partial charge in [0.2, 0.25) is 11.8 Å². The summed E-state index contributed by atoms with van der Waals surface area (Å²) in [6.07, 6.45) is 1.55. The lowest BCUT2D eigenvalue weighted by atomic mass is 9.76. The Kier molecular flexibility index (Phi) is 5.33. The molecule has 2 amide bonds. The minimum atomic E-state index is -0.646. The van der Waals surface area contributed by atoms with Crippen LogP contribution in [-0.4, -0.2) is 51.5 Å². The number of nitrogens with two attached hydrogens (primary N) is 1. The first-order valence-corrected chi connectivity index (χ1v) is 9.72. The molecule has 3 aromatic rings. The Morgan fingerprint density at radius 1 is 1.16 bits per heavy atom. The molecule has 1 saturated heterocycles. The van der Waals surface area contributed by atoms with Crippen LogP contribution in [-0.2, 0) is 10.2 Å². The topological polar surface area (TPSA) is 114 Å². The van der Waals surface area contributed by atoms with Crippen LogP contribution in [0, 0.1) is 5.82 Å². The Labute approximate surface area is 178 Å². The predicted octanol–water partition coefficient (Wildman–Crippen LogP) is 1.99. The third kappa shape index (κ3) is 4.07. The van der Waals surface area contributed by atoms with Crippen molar-refractivity contribution in [2.45, 2.75) is 12.3 Å². The van der Waals surface area contributed by atoms with Crippen molar-refractivity contribution >= 4 is 17.6 Å². The van der Waals surface area contributed by atoms with Gasteiger partial charge in [0.1, 0.15) is 11.6 Å². The zero-order valence-electron chi connectivity index (χ0n) is 16.9. The molecule has 8 nitrogen and oxygen atoms in total. The average Bonchev–Trinajstić information content (AvgIpc) is 2.74. The van der Waals surface area contributed by atoms with E-state index >= 15 is 0 Å². The summed E-state index contributed by atoms with van der Waals surface area (Å²) in [4.78, 5) is 28.9. The summed E-state index contributed by atoms with van der Waals surface area (Å²) in [6.45, 7) is 2.57. The van der Waals surface area contributed by atoms with Crippen LogP contribution >= 0.6 is 0 Å². The number of pyridine rings is 1. The van der Waals surface area contributed by atoms with E-state index in [1.807, 2.05) is 6.07 Å². The summed E-state index contributed by atoms with van der Waals surface area (Å²) < 4.78 is 14.4. The Balaban J connectivity index is 1.51. The van der Waals surface area contributed by atoms with Crippen LogP contribution in [0.25, 0.3) is 11.3 Å². The third-order valence-corrected chi connectivity index (χ3v) is 5.41. The molecule has 1 fully saturated rings.